The summed E-state index contributed by atoms with van der Waals surface area (Å²) in [5, 5.41) is 0.639. The molecule has 2 aromatic rings. The summed E-state index contributed by atoms with van der Waals surface area (Å²) in [6.45, 7) is 1.35. The Hall–Kier alpha value is -2.13. The van der Waals surface area contributed by atoms with Crippen LogP contribution in [-0.2, 0) is 16.0 Å². The van der Waals surface area contributed by atoms with Gasteiger partial charge in [-0.15, -0.1) is 0 Å². The van der Waals surface area contributed by atoms with Crippen molar-refractivity contribution in [2.75, 3.05) is 0 Å². The molecule has 2 aromatic carbocycles. The molecule has 0 radical (unpaired) electrons. The zero-order chi connectivity index (χ0) is 14.5. The van der Waals surface area contributed by atoms with Crippen LogP contribution in [0.25, 0.3) is 11.1 Å². The molecule has 0 amide bonds. The third-order valence-corrected chi connectivity index (χ3v) is 3.03. The van der Waals surface area contributed by atoms with Crippen molar-refractivity contribution >= 4 is 23.9 Å². The minimum Gasteiger partial charge on any atom is -0.426 e. The molecule has 0 heterocycles. The smallest absolute Gasteiger partial charge is 0.308 e. The molecular weight excluding hydrogens is 276 g/mol. The molecule has 0 unspecified atom stereocenters. The number of benzene rings is 2. The van der Waals surface area contributed by atoms with Crippen LogP contribution in [0, 0.1) is 0 Å². The molecular formula is C16H13ClO3. The monoisotopic (exact) mass is 288 g/mol. The highest BCUT2D eigenvalue weighted by Crippen LogP contribution is 2.32. The second kappa shape index (κ2) is 6.35. The fourth-order valence-electron chi connectivity index (χ4n) is 1.90. The summed E-state index contributed by atoms with van der Waals surface area (Å²) < 4.78 is 5.23. The number of esters is 1. The predicted octanol–water partition coefficient (Wildman–Crippen LogP) is 3.67. The van der Waals surface area contributed by atoms with Crippen molar-refractivity contribution in [2.45, 2.75) is 13.3 Å². The second-order valence-electron chi connectivity index (χ2n) is 4.30. The topological polar surface area (TPSA) is 43.4 Å². The van der Waals surface area contributed by atoms with Crippen molar-refractivity contribution in [3.63, 3.8) is 0 Å². The first-order valence-electron chi connectivity index (χ1n) is 6.11. The van der Waals surface area contributed by atoms with Crippen molar-refractivity contribution in [1.82, 2.24) is 0 Å². The van der Waals surface area contributed by atoms with E-state index in [0.717, 1.165) is 23.0 Å². The van der Waals surface area contributed by atoms with Gasteiger partial charge in [-0.1, -0.05) is 35.9 Å². The summed E-state index contributed by atoms with van der Waals surface area (Å²) in [4.78, 5) is 21.8. The van der Waals surface area contributed by atoms with Gasteiger partial charge in [0.2, 0.25) is 0 Å². The van der Waals surface area contributed by atoms with E-state index in [2.05, 4.69) is 0 Å². The number of carbonyl (C=O) groups excluding carboxylic acids is 2. The van der Waals surface area contributed by atoms with E-state index in [1.165, 1.54) is 6.92 Å². The van der Waals surface area contributed by atoms with E-state index in [1.54, 1.807) is 18.2 Å². The molecule has 0 aliphatic rings. The normalized spacial score (nSPS) is 10.1. The van der Waals surface area contributed by atoms with Crippen LogP contribution in [0.15, 0.2) is 42.5 Å². The van der Waals surface area contributed by atoms with Crippen LogP contribution in [0.2, 0.25) is 5.02 Å². The van der Waals surface area contributed by atoms with Crippen molar-refractivity contribution in [1.29, 1.82) is 0 Å². The fourth-order valence-corrected chi connectivity index (χ4v) is 2.02. The number of hydrogen-bond acceptors (Lipinski definition) is 3. The Morgan fingerprint density at radius 2 is 1.90 bits per heavy atom. The number of ether oxygens (including phenoxy) is 1. The van der Waals surface area contributed by atoms with Gasteiger partial charge in [0.15, 0.2) is 0 Å². The molecule has 0 saturated carbocycles. The second-order valence-corrected chi connectivity index (χ2v) is 4.74. The first-order valence-corrected chi connectivity index (χ1v) is 6.49. The minimum absolute atomic E-state index is 0.287. The maximum absolute atomic E-state index is 11.2. The highest BCUT2D eigenvalue weighted by molar-refractivity contribution is 6.30. The highest BCUT2D eigenvalue weighted by atomic mass is 35.5. The summed E-state index contributed by atoms with van der Waals surface area (Å²) in [5.74, 6) is 0.0441. The Bertz CT molecular complexity index is 633. The Morgan fingerprint density at radius 3 is 2.50 bits per heavy atom. The van der Waals surface area contributed by atoms with Gasteiger partial charge in [0, 0.05) is 23.9 Å². The molecule has 0 aliphatic carbocycles. The lowest BCUT2D eigenvalue weighted by Crippen LogP contribution is -2.03. The predicted molar refractivity (Wildman–Crippen MR) is 78.0 cm³/mol. The first-order chi connectivity index (χ1) is 9.60. The third-order valence-electron chi connectivity index (χ3n) is 2.77. The summed E-state index contributed by atoms with van der Waals surface area (Å²) in [6.07, 6.45) is 1.10. The molecule has 0 aliphatic heterocycles. The molecule has 20 heavy (non-hydrogen) atoms. The molecule has 0 spiro atoms. The molecule has 0 aromatic heterocycles. The lowest BCUT2D eigenvalue weighted by atomic mass is 10.0. The van der Waals surface area contributed by atoms with Crippen molar-refractivity contribution < 1.29 is 14.3 Å². The quantitative estimate of drug-likeness (QED) is 0.490. The summed E-state index contributed by atoms with van der Waals surface area (Å²) >= 11 is 5.87. The van der Waals surface area contributed by atoms with Crippen molar-refractivity contribution in [3.8, 4) is 16.9 Å². The lowest BCUT2D eigenvalue weighted by Gasteiger charge is -2.11. The molecule has 0 fully saturated rings. The summed E-state index contributed by atoms with van der Waals surface area (Å²) in [5.41, 5.74) is 2.48. The Labute approximate surface area is 122 Å². The molecule has 2 rings (SSSR count). The Balaban J connectivity index is 2.47. The standard InChI is InChI=1S/C16H13ClO3/c1-11(19)20-16-10-12(8-9-18)2-7-15(16)13-3-5-14(17)6-4-13/h2-7,9-10H,8H2,1H3. The molecule has 102 valence electrons. The van der Waals surface area contributed by atoms with Gasteiger partial charge in [-0.2, -0.15) is 0 Å². The van der Waals surface area contributed by atoms with E-state index in [4.69, 9.17) is 16.3 Å². The van der Waals surface area contributed by atoms with E-state index >= 15 is 0 Å². The largest absolute Gasteiger partial charge is 0.426 e. The molecule has 0 N–H and O–H groups in total. The molecule has 0 atom stereocenters. The Kier molecular flexibility index (Phi) is 4.53. The van der Waals surface area contributed by atoms with Crippen LogP contribution >= 0.6 is 11.6 Å². The maximum Gasteiger partial charge on any atom is 0.308 e. The van der Waals surface area contributed by atoms with E-state index in [1.807, 2.05) is 24.3 Å². The zero-order valence-electron chi connectivity index (χ0n) is 10.9. The minimum atomic E-state index is -0.400. The van der Waals surface area contributed by atoms with Crippen LogP contribution in [0.1, 0.15) is 12.5 Å². The highest BCUT2D eigenvalue weighted by Gasteiger charge is 2.10. The Morgan fingerprint density at radius 1 is 1.20 bits per heavy atom. The van der Waals surface area contributed by atoms with E-state index in [-0.39, 0.29) is 6.42 Å². The van der Waals surface area contributed by atoms with Crippen LogP contribution in [0.3, 0.4) is 0 Å². The first kappa shape index (κ1) is 14.3. The average Bonchev–Trinajstić information content (AvgIpc) is 2.40. The number of rotatable bonds is 4. The van der Waals surface area contributed by atoms with Crippen LogP contribution in [-0.4, -0.2) is 12.3 Å². The average molecular weight is 289 g/mol. The number of hydrogen-bond donors (Lipinski definition) is 0. The van der Waals surface area contributed by atoms with Crippen LogP contribution in [0.4, 0.5) is 0 Å². The fraction of sp³-hybridized carbons (Fsp3) is 0.125. The third kappa shape index (κ3) is 3.45. The maximum atomic E-state index is 11.2. The van der Waals surface area contributed by atoms with Gasteiger partial charge >= 0.3 is 5.97 Å². The molecule has 3 nitrogen and oxygen atoms in total. The van der Waals surface area contributed by atoms with Gasteiger partial charge in [-0.05, 0) is 29.3 Å². The number of carbonyl (C=O) groups is 2. The van der Waals surface area contributed by atoms with Crippen LogP contribution < -0.4 is 4.74 Å². The van der Waals surface area contributed by atoms with E-state index in [9.17, 15) is 9.59 Å². The van der Waals surface area contributed by atoms with E-state index in [0.29, 0.717) is 10.8 Å². The van der Waals surface area contributed by atoms with Gasteiger partial charge in [0.25, 0.3) is 0 Å². The molecule has 4 heteroatoms. The SMILES string of the molecule is CC(=O)Oc1cc(CC=O)ccc1-c1ccc(Cl)cc1. The van der Waals surface area contributed by atoms with Gasteiger partial charge in [0.05, 0.1) is 0 Å². The van der Waals surface area contributed by atoms with Crippen molar-refractivity contribution in [2.24, 2.45) is 0 Å². The number of halogens is 1. The lowest BCUT2D eigenvalue weighted by molar-refractivity contribution is -0.131. The molecule has 0 bridgehead atoms. The zero-order valence-corrected chi connectivity index (χ0v) is 11.7. The van der Waals surface area contributed by atoms with E-state index < -0.39 is 5.97 Å². The van der Waals surface area contributed by atoms with Gasteiger partial charge in [0.1, 0.15) is 12.0 Å². The molecule has 0 saturated heterocycles. The summed E-state index contributed by atoms with van der Waals surface area (Å²) in [7, 11) is 0. The van der Waals surface area contributed by atoms with Crippen molar-refractivity contribution in [3.05, 3.63) is 53.1 Å². The van der Waals surface area contributed by atoms with Crippen LogP contribution in [0.5, 0.6) is 5.75 Å². The number of aldehydes is 1. The van der Waals surface area contributed by atoms with Gasteiger partial charge in [-0.25, -0.2) is 0 Å². The summed E-state index contributed by atoms with van der Waals surface area (Å²) in [6, 6.07) is 12.6. The van der Waals surface area contributed by atoms with Gasteiger partial charge in [-0.3, -0.25) is 4.79 Å². The van der Waals surface area contributed by atoms with Gasteiger partial charge < -0.3 is 9.53 Å².